The van der Waals surface area contributed by atoms with Crippen LogP contribution in [0.15, 0.2) is 79.4 Å². The number of carbonyl (C=O) groups is 2. The molecule has 0 atom stereocenters. The highest BCUT2D eigenvalue weighted by Gasteiger charge is 2.52. The Morgan fingerprint density at radius 3 is 1.89 bits per heavy atom. The number of nitrogens with zero attached hydrogens (tertiary/aromatic N) is 8. The lowest BCUT2D eigenvalue weighted by Gasteiger charge is -2.32. The van der Waals surface area contributed by atoms with Gasteiger partial charge in [-0.1, -0.05) is 0 Å². The largest absolute Gasteiger partial charge is 0.417 e. The lowest BCUT2D eigenvalue weighted by Crippen LogP contribution is -2.47. The van der Waals surface area contributed by atoms with Crippen molar-refractivity contribution in [1.29, 1.82) is 5.26 Å². The van der Waals surface area contributed by atoms with Crippen molar-refractivity contribution in [2.24, 2.45) is 0 Å². The van der Waals surface area contributed by atoms with Gasteiger partial charge in [-0.25, -0.2) is 9.69 Å². The fourth-order valence-electron chi connectivity index (χ4n) is 5.29. The summed E-state index contributed by atoms with van der Waals surface area (Å²) in [6.07, 6.45) is 1.51. The number of amides is 3. The molecule has 1 fully saturated rings. The number of urea groups is 1. The maximum Gasteiger partial charge on any atom is 0.417 e. The van der Waals surface area contributed by atoms with E-state index in [0.29, 0.717) is 28.1 Å². The quantitative estimate of drug-likeness (QED) is 0.224. The second-order valence-corrected chi connectivity index (χ2v) is 10.6. The molecule has 1 saturated heterocycles. The Morgan fingerprint density at radius 1 is 0.818 bits per heavy atom. The summed E-state index contributed by atoms with van der Waals surface area (Å²) in [4.78, 5) is 48.7. The van der Waals surface area contributed by atoms with Crippen LogP contribution >= 0.6 is 0 Å². The van der Waals surface area contributed by atoms with Crippen LogP contribution < -0.4 is 9.80 Å². The van der Waals surface area contributed by atoms with Gasteiger partial charge in [0.05, 0.1) is 45.0 Å². The van der Waals surface area contributed by atoms with Crippen LogP contribution in [0.2, 0.25) is 0 Å². The third-order valence-electron chi connectivity index (χ3n) is 7.59. The van der Waals surface area contributed by atoms with E-state index < -0.39 is 34.8 Å². The summed E-state index contributed by atoms with van der Waals surface area (Å²) in [5.74, 6) is -0.686. The molecule has 0 aliphatic carbocycles. The number of rotatable bonds is 6. The zero-order chi connectivity index (χ0) is 31.2. The van der Waals surface area contributed by atoms with Crippen LogP contribution in [0.1, 0.15) is 25.0 Å². The molecule has 2 aromatic heterocycles. The van der Waals surface area contributed by atoms with Crippen molar-refractivity contribution in [3.05, 3.63) is 90.5 Å². The number of hydrogen-bond donors (Lipinski definition) is 0. The van der Waals surface area contributed by atoms with Crippen molar-refractivity contribution in [2.75, 3.05) is 22.9 Å². The van der Waals surface area contributed by atoms with E-state index in [-0.39, 0.29) is 18.8 Å². The van der Waals surface area contributed by atoms with Gasteiger partial charge in [-0.3, -0.25) is 24.7 Å². The van der Waals surface area contributed by atoms with Crippen molar-refractivity contribution in [1.82, 2.24) is 24.8 Å². The van der Waals surface area contributed by atoms with E-state index in [0.717, 1.165) is 22.3 Å². The average molecular weight is 597 g/mol. The molecule has 220 valence electrons. The first-order valence-electron chi connectivity index (χ1n) is 13.5. The lowest BCUT2D eigenvalue weighted by atomic mass is 10.0. The van der Waals surface area contributed by atoms with Gasteiger partial charge in [0.25, 0.3) is 5.91 Å². The molecule has 0 saturated carbocycles. The van der Waals surface area contributed by atoms with Crippen molar-refractivity contribution in [3.8, 4) is 6.07 Å². The second kappa shape index (κ2) is 10.6. The average Bonchev–Trinajstić information content (AvgIpc) is 3.18. The smallest absolute Gasteiger partial charge is 0.340 e. The van der Waals surface area contributed by atoms with Crippen LogP contribution in [-0.2, 0) is 11.0 Å². The summed E-state index contributed by atoms with van der Waals surface area (Å²) >= 11 is 0. The molecule has 3 aromatic carbocycles. The van der Waals surface area contributed by atoms with E-state index in [1.165, 1.54) is 17.0 Å². The van der Waals surface area contributed by atoms with Crippen LogP contribution in [0.3, 0.4) is 0 Å². The van der Waals surface area contributed by atoms with Gasteiger partial charge >= 0.3 is 12.2 Å². The van der Waals surface area contributed by atoms with E-state index in [9.17, 15) is 22.8 Å². The van der Waals surface area contributed by atoms with Crippen LogP contribution in [0, 0.1) is 11.3 Å². The minimum Gasteiger partial charge on any atom is -0.340 e. The van der Waals surface area contributed by atoms with Gasteiger partial charge in [-0.05, 0) is 68.4 Å². The minimum absolute atomic E-state index is 0.0352. The number of aromatic nitrogens is 4. The number of anilines is 3. The number of fused-ring (bicyclic) bond motifs is 2. The molecule has 1 aliphatic heterocycles. The summed E-state index contributed by atoms with van der Waals surface area (Å²) in [5.41, 5.74) is 0.681. The topological polar surface area (TPSA) is 119 Å². The molecule has 0 spiro atoms. The summed E-state index contributed by atoms with van der Waals surface area (Å²) in [5, 5.41) is 9.17. The summed E-state index contributed by atoms with van der Waals surface area (Å²) in [6.45, 7) is 3.33. The summed E-state index contributed by atoms with van der Waals surface area (Å²) < 4.78 is 41.0. The minimum atomic E-state index is -4.85. The highest BCUT2D eigenvalue weighted by molar-refractivity contribution is 6.23. The van der Waals surface area contributed by atoms with Gasteiger partial charge in [0.15, 0.2) is 0 Å². The number of alkyl halides is 3. The van der Waals surface area contributed by atoms with Crippen LogP contribution in [-0.4, -0.2) is 55.4 Å². The lowest BCUT2D eigenvalue weighted by molar-refractivity contribution is -0.137. The number of carbonyl (C=O) groups excluding carboxylic acids is 2. The zero-order valence-corrected chi connectivity index (χ0v) is 23.4. The van der Waals surface area contributed by atoms with Gasteiger partial charge in [0, 0.05) is 49.3 Å². The van der Waals surface area contributed by atoms with Crippen molar-refractivity contribution in [2.45, 2.75) is 25.6 Å². The second-order valence-electron chi connectivity index (χ2n) is 10.6. The van der Waals surface area contributed by atoms with E-state index >= 15 is 0 Å². The maximum atomic E-state index is 13.7. The molecule has 0 radical (unpaired) electrons. The Bertz CT molecular complexity index is 1910. The number of halogens is 3. The third-order valence-corrected chi connectivity index (χ3v) is 7.59. The molecule has 3 amide bonds. The van der Waals surface area contributed by atoms with Crippen molar-refractivity contribution < 1.29 is 22.8 Å². The van der Waals surface area contributed by atoms with Gasteiger partial charge in [0.1, 0.15) is 5.54 Å². The molecular formula is C31H23F3N8O2. The molecule has 5 aromatic rings. The summed E-state index contributed by atoms with van der Waals surface area (Å²) in [6, 6.07) is 14.6. The highest BCUT2D eigenvalue weighted by Crippen LogP contribution is 2.38. The molecule has 0 N–H and O–H groups in total. The fraction of sp³-hybridized carbons (Fsp3) is 0.194. The molecular weight excluding hydrogens is 573 g/mol. The Labute approximate surface area is 249 Å². The predicted molar refractivity (Wildman–Crippen MR) is 156 cm³/mol. The molecule has 6 rings (SSSR count). The third kappa shape index (κ3) is 4.90. The zero-order valence-electron chi connectivity index (χ0n) is 23.4. The Hall–Kier alpha value is -5.64. The van der Waals surface area contributed by atoms with Crippen molar-refractivity contribution >= 4 is 51.1 Å². The van der Waals surface area contributed by atoms with E-state index in [1.54, 1.807) is 38.6 Å². The number of benzene rings is 3. The first kappa shape index (κ1) is 28.5. The Balaban J connectivity index is 1.36. The fourth-order valence-corrected chi connectivity index (χ4v) is 5.29. The molecule has 10 nitrogen and oxygen atoms in total. The first-order chi connectivity index (χ1) is 21.0. The van der Waals surface area contributed by atoms with E-state index in [2.05, 4.69) is 19.9 Å². The number of imide groups is 1. The molecule has 1 aliphatic rings. The van der Waals surface area contributed by atoms with E-state index in [1.807, 2.05) is 41.3 Å². The maximum absolute atomic E-state index is 13.7. The molecule has 44 heavy (non-hydrogen) atoms. The molecule has 13 heteroatoms. The standard InChI is InChI=1S/C31H23F3N8O2/c1-30(2)28(43)42(22-4-3-19(18-35)23(15-22)31(32,33)34)29(44)41(30)14-13-40(20-5-7-24-26(16-20)38-11-9-36-24)21-6-8-25-27(17-21)39-12-10-37-25/h3-12,15-17H,13-14H2,1-2H3. The normalized spacial score (nSPS) is 14.8. The Kier molecular flexibility index (Phi) is 6.84. The molecule has 0 unspecified atom stereocenters. The van der Waals surface area contributed by atoms with Gasteiger partial charge in [-0.2, -0.15) is 18.4 Å². The number of hydrogen-bond acceptors (Lipinski definition) is 8. The van der Waals surface area contributed by atoms with E-state index in [4.69, 9.17) is 5.26 Å². The Morgan fingerprint density at radius 2 is 1.36 bits per heavy atom. The number of nitriles is 1. The van der Waals surface area contributed by atoms with Crippen molar-refractivity contribution in [3.63, 3.8) is 0 Å². The first-order valence-corrected chi connectivity index (χ1v) is 13.5. The van der Waals surface area contributed by atoms with Gasteiger partial charge < -0.3 is 9.80 Å². The molecule has 0 bridgehead atoms. The van der Waals surface area contributed by atoms with Crippen LogP contribution in [0.5, 0.6) is 0 Å². The molecule has 3 heterocycles. The summed E-state index contributed by atoms with van der Waals surface area (Å²) in [7, 11) is 0. The van der Waals surface area contributed by atoms with Gasteiger partial charge in [0.2, 0.25) is 0 Å². The highest BCUT2D eigenvalue weighted by atomic mass is 19.4. The monoisotopic (exact) mass is 596 g/mol. The van der Waals surface area contributed by atoms with Crippen LogP contribution in [0.25, 0.3) is 22.1 Å². The van der Waals surface area contributed by atoms with Crippen LogP contribution in [0.4, 0.5) is 35.0 Å². The van der Waals surface area contributed by atoms with Gasteiger partial charge in [-0.15, -0.1) is 0 Å². The predicted octanol–water partition coefficient (Wildman–Crippen LogP) is 5.85. The SMILES string of the molecule is CC1(C)C(=O)N(c2ccc(C#N)c(C(F)(F)F)c2)C(=O)N1CCN(c1ccc2nccnc2c1)c1ccc2nccnc2c1.